The number of benzene rings is 2. The van der Waals surface area contributed by atoms with Crippen LogP contribution >= 0.6 is 11.8 Å². The minimum absolute atomic E-state index is 0.00175. The average Bonchev–Trinajstić information content (AvgIpc) is 2.86. The fourth-order valence-electron chi connectivity index (χ4n) is 4.46. The fourth-order valence-corrected chi connectivity index (χ4v) is 5.78. The number of hydrogen-bond acceptors (Lipinski definition) is 5. The SMILES string of the molecule is O=C(CCNCc1c(F)cccc1F)N1CCc2nc(SC3CCC3)n(-c3ccccc3)c(=O)c2C1. The number of hydrogen-bond donors (Lipinski definition) is 1. The van der Waals surface area contributed by atoms with Gasteiger partial charge < -0.3 is 10.2 Å². The third-order valence-corrected chi connectivity index (χ3v) is 8.06. The van der Waals surface area contributed by atoms with Crippen LogP contribution in [0.15, 0.2) is 58.5 Å². The molecule has 1 N–H and O–H groups in total. The van der Waals surface area contributed by atoms with E-state index in [1.165, 1.54) is 24.6 Å². The van der Waals surface area contributed by atoms with Crippen LogP contribution in [0.3, 0.4) is 0 Å². The van der Waals surface area contributed by atoms with E-state index in [9.17, 15) is 18.4 Å². The van der Waals surface area contributed by atoms with E-state index in [1.54, 1.807) is 21.2 Å². The largest absolute Gasteiger partial charge is 0.338 e. The Morgan fingerprint density at radius 2 is 1.83 bits per heavy atom. The molecular weight excluding hydrogens is 482 g/mol. The molecule has 9 heteroatoms. The lowest BCUT2D eigenvalue weighted by molar-refractivity contribution is -0.132. The Morgan fingerprint density at radius 1 is 1.08 bits per heavy atom. The van der Waals surface area contributed by atoms with Gasteiger partial charge in [-0.2, -0.15) is 0 Å². The predicted octanol–water partition coefficient (Wildman–Crippen LogP) is 4.22. The molecule has 0 radical (unpaired) electrons. The molecule has 3 aromatic rings. The van der Waals surface area contributed by atoms with Gasteiger partial charge in [0.15, 0.2) is 5.16 Å². The van der Waals surface area contributed by atoms with Crippen molar-refractivity contribution >= 4 is 17.7 Å². The van der Waals surface area contributed by atoms with E-state index in [0.29, 0.717) is 23.8 Å². The van der Waals surface area contributed by atoms with Gasteiger partial charge in [0.25, 0.3) is 5.56 Å². The molecule has 36 heavy (non-hydrogen) atoms. The van der Waals surface area contributed by atoms with E-state index in [1.807, 2.05) is 30.3 Å². The van der Waals surface area contributed by atoms with Crippen LogP contribution in [0.4, 0.5) is 8.78 Å². The highest BCUT2D eigenvalue weighted by Gasteiger charge is 2.28. The van der Waals surface area contributed by atoms with Crippen molar-refractivity contribution in [2.24, 2.45) is 0 Å². The molecule has 0 saturated heterocycles. The highest BCUT2D eigenvalue weighted by Crippen LogP contribution is 2.36. The standard InChI is InChI=1S/C27H28F2N4O2S/c28-22-10-5-11-23(29)20(22)16-30-14-12-25(34)32-15-13-24-21(17-32)26(35)33(18-6-2-1-3-7-18)27(31-24)36-19-8-4-9-19/h1-3,5-7,10-11,19,30H,4,8-9,12-17H2. The van der Waals surface area contributed by atoms with Gasteiger partial charge in [-0.1, -0.05) is 42.4 Å². The molecule has 1 aromatic heterocycles. The van der Waals surface area contributed by atoms with Crippen molar-refractivity contribution in [1.29, 1.82) is 0 Å². The van der Waals surface area contributed by atoms with E-state index >= 15 is 0 Å². The molecule has 0 bridgehead atoms. The number of nitrogens with zero attached hydrogens (tertiary/aromatic N) is 3. The summed E-state index contributed by atoms with van der Waals surface area (Å²) in [7, 11) is 0. The number of fused-ring (bicyclic) bond motifs is 1. The molecule has 1 amide bonds. The summed E-state index contributed by atoms with van der Waals surface area (Å²) in [5.74, 6) is -1.34. The number of halogens is 2. The first-order valence-corrected chi connectivity index (χ1v) is 13.2. The van der Waals surface area contributed by atoms with Crippen LogP contribution in [0.1, 0.15) is 42.5 Å². The maximum atomic E-state index is 13.8. The zero-order valence-electron chi connectivity index (χ0n) is 19.9. The summed E-state index contributed by atoms with van der Waals surface area (Å²) in [6, 6.07) is 13.2. The number of amides is 1. The number of carbonyl (C=O) groups is 1. The molecule has 1 aliphatic heterocycles. The number of para-hydroxylation sites is 1. The van der Waals surface area contributed by atoms with E-state index in [0.717, 1.165) is 29.4 Å². The van der Waals surface area contributed by atoms with Crippen molar-refractivity contribution in [3.05, 3.63) is 87.3 Å². The fraction of sp³-hybridized carbons (Fsp3) is 0.370. The second kappa shape index (κ2) is 10.9. The maximum Gasteiger partial charge on any atom is 0.264 e. The minimum Gasteiger partial charge on any atom is -0.338 e. The minimum atomic E-state index is -0.612. The lowest BCUT2D eigenvalue weighted by atomic mass is 10.0. The molecule has 2 heterocycles. The third-order valence-electron chi connectivity index (χ3n) is 6.77. The van der Waals surface area contributed by atoms with Crippen molar-refractivity contribution in [3.8, 4) is 5.69 Å². The van der Waals surface area contributed by atoms with Gasteiger partial charge in [0, 0.05) is 43.3 Å². The number of thioether (sulfide) groups is 1. The Balaban J connectivity index is 1.29. The van der Waals surface area contributed by atoms with E-state index < -0.39 is 11.6 Å². The van der Waals surface area contributed by atoms with E-state index in [-0.39, 0.29) is 43.1 Å². The van der Waals surface area contributed by atoms with Crippen molar-refractivity contribution in [2.75, 3.05) is 13.1 Å². The molecule has 6 nitrogen and oxygen atoms in total. The molecule has 1 fully saturated rings. The topological polar surface area (TPSA) is 67.2 Å². The number of nitrogens with one attached hydrogen (secondary N) is 1. The van der Waals surface area contributed by atoms with Gasteiger partial charge in [0.2, 0.25) is 5.91 Å². The van der Waals surface area contributed by atoms with Gasteiger partial charge in [-0.05, 0) is 37.1 Å². The lowest BCUT2D eigenvalue weighted by Gasteiger charge is -2.30. The second-order valence-corrected chi connectivity index (χ2v) is 10.4. The highest BCUT2D eigenvalue weighted by molar-refractivity contribution is 7.99. The summed E-state index contributed by atoms with van der Waals surface area (Å²) in [6.07, 6.45) is 4.16. The van der Waals surface area contributed by atoms with Crippen molar-refractivity contribution in [2.45, 2.75) is 55.6 Å². The maximum absolute atomic E-state index is 13.8. The molecule has 1 saturated carbocycles. The van der Waals surface area contributed by atoms with E-state index in [4.69, 9.17) is 4.98 Å². The van der Waals surface area contributed by atoms with Crippen LogP contribution in [-0.4, -0.2) is 38.7 Å². The number of rotatable bonds is 8. The van der Waals surface area contributed by atoms with Gasteiger partial charge in [0.05, 0.1) is 23.5 Å². The number of aromatic nitrogens is 2. The van der Waals surface area contributed by atoms with Gasteiger partial charge in [-0.25, -0.2) is 13.8 Å². The molecule has 2 aliphatic rings. The van der Waals surface area contributed by atoms with Crippen LogP contribution in [0, 0.1) is 11.6 Å². The van der Waals surface area contributed by atoms with E-state index in [2.05, 4.69) is 5.32 Å². The van der Waals surface area contributed by atoms with Crippen molar-refractivity contribution in [1.82, 2.24) is 19.8 Å². The molecule has 0 atom stereocenters. The Bertz CT molecular complexity index is 1290. The quantitative estimate of drug-likeness (QED) is 0.363. The van der Waals surface area contributed by atoms with Crippen LogP contribution in [0.25, 0.3) is 5.69 Å². The predicted molar refractivity (Wildman–Crippen MR) is 135 cm³/mol. The third kappa shape index (κ3) is 5.22. The molecule has 2 aromatic carbocycles. The average molecular weight is 511 g/mol. The van der Waals surface area contributed by atoms with Crippen LogP contribution in [-0.2, 0) is 24.3 Å². The summed E-state index contributed by atoms with van der Waals surface area (Å²) in [5.41, 5.74) is 1.93. The molecule has 0 unspecified atom stereocenters. The monoisotopic (exact) mass is 510 g/mol. The normalized spacial score (nSPS) is 15.4. The summed E-state index contributed by atoms with van der Waals surface area (Å²) < 4.78 is 29.3. The van der Waals surface area contributed by atoms with Crippen LogP contribution in [0.5, 0.6) is 0 Å². The van der Waals surface area contributed by atoms with Crippen LogP contribution in [0.2, 0.25) is 0 Å². The summed E-state index contributed by atoms with van der Waals surface area (Å²) >= 11 is 1.67. The Hall–Kier alpha value is -3.04. The Kier molecular flexibility index (Phi) is 7.48. The Labute approximate surface area is 212 Å². The smallest absolute Gasteiger partial charge is 0.264 e. The first-order chi connectivity index (χ1) is 17.5. The van der Waals surface area contributed by atoms with Crippen LogP contribution < -0.4 is 10.9 Å². The molecule has 1 aliphatic carbocycles. The zero-order chi connectivity index (χ0) is 25.1. The van der Waals surface area contributed by atoms with Gasteiger partial charge in [-0.3, -0.25) is 14.2 Å². The first kappa shape index (κ1) is 24.6. The zero-order valence-corrected chi connectivity index (χ0v) is 20.7. The van der Waals surface area contributed by atoms with Crippen molar-refractivity contribution in [3.63, 3.8) is 0 Å². The molecular formula is C27H28F2N4O2S. The summed E-state index contributed by atoms with van der Waals surface area (Å²) in [5, 5.41) is 4.15. The Morgan fingerprint density at radius 3 is 2.53 bits per heavy atom. The number of carbonyl (C=O) groups excluding carboxylic acids is 1. The molecule has 188 valence electrons. The summed E-state index contributed by atoms with van der Waals surface area (Å²) in [4.78, 5) is 33.1. The van der Waals surface area contributed by atoms with Gasteiger partial charge in [0.1, 0.15) is 11.6 Å². The molecule has 0 spiro atoms. The van der Waals surface area contributed by atoms with Gasteiger partial charge in [-0.15, -0.1) is 0 Å². The lowest BCUT2D eigenvalue weighted by Crippen LogP contribution is -2.42. The first-order valence-electron chi connectivity index (χ1n) is 12.3. The second-order valence-electron chi connectivity index (χ2n) is 9.16. The summed E-state index contributed by atoms with van der Waals surface area (Å²) in [6.45, 7) is 0.980. The van der Waals surface area contributed by atoms with Gasteiger partial charge >= 0.3 is 0 Å². The van der Waals surface area contributed by atoms with Crippen molar-refractivity contribution < 1.29 is 13.6 Å². The highest BCUT2D eigenvalue weighted by atomic mass is 32.2. The molecule has 5 rings (SSSR count).